The summed E-state index contributed by atoms with van der Waals surface area (Å²) < 4.78 is 0. The molecule has 0 radical (unpaired) electrons. The number of rotatable bonds is 5. The van der Waals surface area contributed by atoms with E-state index in [1.54, 1.807) is 0 Å². The molecule has 11 rings (SSSR count). The average molecular weight is 741 g/mol. The molecular formula is C56H40N2. The molecular weight excluding hydrogens is 701 g/mol. The van der Waals surface area contributed by atoms with Crippen LogP contribution in [-0.2, 0) is 10.8 Å². The third-order valence-corrected chi connectivity index (χ3v) is 12.5. The first-order valence-electron chi connectivity index (χ1n) is 20.2. The van der Waals surface area contributed by atoms with Gasteiger partial charge in [-0.2, -0.15) is 0 Å². The molecule has 0 aliphatic heterocycles. The van der Waals surface area contributed by atoms with E-state index in [1.807, 2.05) is 6.07 Å². The van der Waals surface area contributed by atoms with Crippen LogP contribution in [0.5, 0.6) is 0 Å². The molecule has 1 heterocycles. The quantitative estimate of drug-likeness (QED) is 0.176. The Morgan fingerprint density at radius 2 is 0.759 bits per heavy atom. The lowest BCUT2D eigenvalue weighted by atomic mass is 9.54. The SMILES string of the molecule is CC1(C)c2ccccc2C2(c3ccccc3-c3ccccc32)c2cccc(-c3cccc(-c4nc(-c5ccccc5)cc(-c5cccc(-c6ccccc6)c5)n4)c3)c21. The minimum atomic E-state index is -0.446. The van der Waals surface area contributed by atoms with Crippen LogP contribution in [0.4, 0.5) is 0 Å². The molecule has 274 valence electrons. The number of hydrogen-bond acceptors (Lipinski definition) is 2. The number of fused-ring (bicyclic) bond motifs is 9. The van der Waals surface area contributed by atoms with E-state index in [9.17, 15) is 0 Å². The van der Waals surface area contributed by atoms with Gasteiger partial charge < -0.3 is 0 Å². The second-order valence-corrected chi connectivity index (χ2v) is 16.1. The van der Waals surface area contributed by atoms with E-state index in [4.69, 9.17) is 9.97 Å². The first-order chi connectivity index (χ1) is 28.5. The maximum Gasteiger partial charge on any atom is 0.160 e. The zero-order valence-electron chi connectivity index (χ0n) is 32.5. The van der Waals surface area contributed by atoms with Crippen molar-refractivity contribution in [1.29, 1.82) is 0 Å². The topological polar surface area (TPSA) is 25.8 Å². The smallest absolute Gasteiger partial charge is 0.160 e. The first kappa shape index (κ1) is 34.1. The fourth-order valence-electron chi connectivity index (χ4n) is 10.0. The van der Waals surface area contributed by atoms with Crippen molar-refractivity contribution in [1.82, 2.24) is 9.97 Å². The highest BCUT2D eigenvalue weighted by molar-refractivity contribution is 5.90. The Balaban J connectivity index is 1.11. The van der Waals surface area contributed by atoms with E-state index in [0.29, 0.717) is 5.82 Å². The molecule has 1 spiro atoms. The molecule has 2 heteroatoms. The number of benzene rings is 8. The second-order valence-electron chi connectivity index (χ2n) is 16.1. The molecule has 0 bridgehead atoms. The minimum absolute atomic E-state index is 0.281. The van der Waals surface area contributed by atoms with Gasteiger partial charge in [-0.3, -0.25) is 0 Å². The summed E-state index contributed by atoms with van der Waals surface area (Å²) >= 11 is 0. The van der Waals surface area contributed by atoms with Crippen LogP contribution < -0.4 is 0 Å². The Kier molecular flexibility index (Phi) is 7.78. The van der Waals surface area contributed by atoms with E-state index < -0.39 is 5.41 Å². The van der Waals surface area contributed by atoms with Crippen molar-refractivity contribution in [2.24, 2.45) is 0 Å². The molecule has 0 saturated heterocycles. The summed E-state index contributed by atoms with van der Waals surface area (Å²) in [4.78, 5) is 10.6. The van der Waals surface area contributed by atoms with Crippen LogP contribution in [0.15, 0.2) is 206 Å². The van der Waals surface area contributed by atoms with Gasteiger partial charge in [0.25, 0.3) is 0 Å². The van der Waals surface area contributed by atoms with Gasteiger partial charge in [-0.1, -0.05) is 202 Å². The predicted molar refractivity (Wildman–Crippen MR) is 239 cm³/mol. The summed E-state index contributed by atoms with van der Waals surface area (Å²) in [7, 11) is 0. The Morgan fingerprint density at radius 3 is 1.45 bits per heavy atom. The van der Waals surface area contributed by atoms with E-state index in [0.717, 1.165) is 39.2 Å². The Hall–Kier alpha value is -7.16. The molecule has 0 amide bonds. The molecule has 2 aliphatic carbocycles. The lowest BCUT2D eigenvalue weighted by Gasteiger charge is -2.47. The molecule has 8 aromatic carbocycles. The highest BCUT2D eigenvalue weighted by Crippen LogP contribution is 2.63. The van der Waals surface area contributed by atoms with Crippen molar-refractivity contribution in [3.8, 4) is 67.3 Å². The number of nitrogens with zero attached hydrogens (tertiary/aromatic N) is 2. The van der Waals surface area contributed by atoms with Crippen LogP contribution in [0.2, 0.25) is 0 Å². The van der Waals surface area contributed by atoms with Gasteiger partial charge >= 0.3 is 0 Å². The van der Waals surface area contributed by atoms with Gasteiger partial charge in [0.2, 0.25) is 0 Å². The monoisotopic (exact) mass is 740 g/mol. The van der Waals surface area contributed by atoms with Crippen LogP contribution in [0, 0.1) is 0 Å². The predicted octanol–water partition coefficient (Wildman–Crippen LogP) is 13.8. The maximum absolute atomic E-state index is 5.31. The lowest BCUT2D eigenvalue weighted by molar-refractivity contribution is 0.565. The molecule has 0 unspecified atom stereocenters. The Labute approximate surface area is 340 Å². The van der Waals surface area contributed by atoms with Crippen molar-refractivity contribution in [2.75, 3.05) is 0 Å². The molecule has 2 nitrogen and oxygen atoms in total. The van der Waals surface area contributed by atoms with Crippen molar-refractivity contribution in [2.45, 2.75) is 24.7 Å². The zero-order chi connectivity index (χ0) is 38.8. The van der Waals surface area contributed by atoms with Crippen molar-refractivity contribution >= 4 is 0 Å². The molecule has 2 aliphatic rings. The summed E-state index contributed by atoms with van der Waals surface area (Å²) in [6.45, 7) is 4.81. The summed E-state index contributed by atoms with van der Waals surface area (Å²) in [6.07, 6.45) is 0. The molecule has 1 aromatic heterocycles. The van der Waals surface area contributed by atoms with Gasteiger partial charge in [-0.15, -0.1) is 0 Å². The summed E-state index contributed by atoms with van der Waals surface area (Å²) in [5, 5.41) is 0. The van der Waals surface area contributed by atoms with Gasteiger partial charge in [0, 0.05) is 22.1 Å². The van der Waals surface area contributed by atoms with E-state index in [-0.39, 0.29) is 5.41 Å². The van der Waals surface area contributed by atoms with Crippen molar-refractivity contribution in [3.63, 3.8) is 0 Å². The molecule has 58 heavy (non-hydrogen) atoms. The van der Waals surface area contributed by atoms with Crippen molar-refractivity contribution < 1.29 is 0 Å². The van der Waals surface area contributed by atoms with Gasteiger partial charge in [-0.25, -0.2) is 9.97 Å². The van der Waals surface area contributed by atoms with Crippen LogP contribution in [0.3, 0.4) is 0 Å². The Bertz CT molecular complexity index is 2990. The average Bonchev–Trinajstić information content (AvgIpc) is 3.59. The maximum atomic E-state index is 5.31. The van der Waals surface area contributed by atoms with Crippen LogP contribution in [-0.4, -0.2) is 9.97 Å². The van der Waals surface area contributed by atoms with Gasteiger partial charge in [0.05, 0.1) is 16.8 Å². The standard InChI is InChI=1S/C56H40N2/c1-55(2)48-31-13-14-32-49(48)56(46-29-11-9-26-44(46)45-27-10-12-30-47(45)56)50-33-17-28-43(53(50)55)40-23-16-25-42(35-40)54-57-51(38-20-7-4-8-21-38)36-52(58-54)41-24-15-22-39(34-41)37-18-5-3-6-19-37/h3-36H,1-2H3. The second kappa shape index (κ2) is 13.2. The van der Waals surface area contributed by atoms with Gasteiger partial charge in [0.1, 0.15) is 0 Å². The molecule has 0 fully saturated rings. The molecule has 9 aromatic rings. The Morgan fingerprint density at radius 1 is 0.310 bits per heavy atom. The van der Waals surface area contributed by atoms with Crippen molar-refractivity contribution in [3.05, 3.63) is 240 Å². The fourth-order valence-corrected chi connectivity index (χ4v) is 10.0. The number of hydrogen-bond donors (Lipinski definition) is 0. The highest BCUT2D eigenvalue weighted by Gasteiger charge is 2.53. The van der Waals surface area contributed by atoms with Crippen LogP contribution in [0.25, 0.3) is 67.3 Å². The van der Waals surface area contributed by atoms with E-state index >= 15 is 0 Å². The third-order valence-electron chi connectivity index (χ3n) is 12.5. The molecule has 0 atom stereocenters. The zero-order valence-corrected chi connectivity index (χ0v) is 32.5. The van der Waals surface area contributed by atoms with E-state index in [2.05, 4.69) is 214 Å². The van der Waals surface area contributed by atoms with Crippen LogP contribution >= 0.6 is 0 Å². The van der Waals surface area contributed by atoms with Gasteiger partial charge in [-0.05, 0) is 85.0 Å². The highest BCUT2D eigenvalue weighted by atomic mass is 14.9. The largest absolute Gasteiger partial charge is 0.228 e. The third kappa shape index (κ3) is 5.11. The summed E-state index contributed by atoms with van der Waals surface area (Å²) in [5.74, 6) is 0.702. The fraction of sp³-hybridized carbons (Fsp3) is 0.0714. The summed E-state index contributed by atoms with van der Waals surface area (Å²) in [6, 6.07) is 74.8. The van der Waals surface area contributed by atoms with Crippen LogP contribution in [0.1, 0.15) is 47.2 Å². The summed E-state index contributed by atoms with van der Waals surface area (Å²) in [5.41, 5.74) is 19.6. The van der Waals surface area contributed by atoms with E-state index in [1.165, 1.54) is 55.6 Å². The molecule has 0 saturated carbocycles. The first-order valence-corrected chi connectivity index (χ1v) is 20.2. The lowest BCUT2D eigenvalue weighted by Crippen LogP contribution is -2.41. The molecule has 0 N–H and O–H groups in total. The van der Waals surface area contributed by atoms with Gasteiger partial charge in [0.15, 0.2) is 5.82 Å². The number of aromatic nitrogens is 2. The normalized spacial score (nSPS) is 14.0. The minimum Gasteiger partial charge on any atom is -0.228 e.